The number of hydrogen-bond donors (Lipinski definition) is 1. The van der Waals surface area contributed by atoms with Gasteiger partial charge in [0.2, 0.25) is 0 Å². The van der Waals surface area contributed by atoms with Gasteiger partial charge in [-0.2, -0.15) is 0 Å². The molecule has 38 valence electrons. The van der Waals surface area contributed by atoms with E-state index in [1.807, 2.05) is 6.92 Å². The average Bonchev–Trinajstić information content (AvgIpc) is 1.65. The van der Waals surface area contributed by atoms with E-state index in [9.17, 15) is 0 Å². The molecule has 2 heteroatoms. The number of rotatable bonds is 2. The molecule has 1 N–H and O–H groups in total. The first-order chi connectivity index (χ1) is 2.81. The van der Waals surface area contributed by atoms with Gasteiger partial charge >= 0.3 is 0 Å². The second-order valence-corrected chi connectivity index (χ2v) is 1.75. The molecule has 0 aliphatic rings. The second kappa shape index (κ2) is 3.44. The molecule has 0 heterocycles. The maximum Gasteiger partial charge on any atom is 0.0468 e. The lowest BCUT2D eigenvalue weighted by atomic mass is 10.2. The summed E-state index contributed by atoms with van der Waals surface area (Å²) in [6, 6.07) is 0. The van der Waals surface area contributed by atoms with Gasteiger partial charge in [-0.15, -0.1) is 11.6 Å². The highest BCUT2D eigenvalue weighted by Gasteiger charge is 1.92. The Hall–Kier alpha value is 0.250. The first-order valence-corrected chi connectivity index (χ1v) is 2.51. The monoisotopic (exact) mass is 108 g/mol. The molecule has 1 nitrogen and oxygen atoms in total. The number of aliphatic hydroxyl groups is 1. The lowest BCUT2D eigenvalue weighted by molar-refractivity contribution is 0.250. The number of aliphatic hydroxyl groups excluding tert-OH is 1. The van der Waals surface area contributed by atoms with Crippen molar-refractivity contribution in [3.8, 4) is 0 Å². The van der Waals surface area contributed by atoms with Crippen molar-refractivity contribution in [3.05, 3.63) is 0 Å². The van der Waals surface area contributed by atoms with Crippen LogP contribution in [0.5, 0.6) is 0 Å². The maximum atomic E-state index is 8.25. The third kappa shape index (κ3) is 2.49. The van der Waals surface area contributed by atoms with Crippen LogP contribution in [0.25, 0.3) is 0 Å². The van der Waals surface area contributed by atoms with Crippen LogP contribution in [0.2, 0.25) is 0 Å². The topological polar surface area (TPSA) is 20.2 Å². The minimum absolute atomic E-state index is 0.198. The van der Waals surface area contributed by atoms with Crippen LogP contribution in [0.3, 0.4) is 0 Å². The van der Waals surface area contributed by atoms with E-state index in [0.717, 1.165) is 0 Å². The molecule has 0 rings (SSSR count). The highest BCUT2D eigenvalue weighted by atomic mass is 35.5. The molecule has 0 aromatic heterocycles. The Morgan fingerprint density at radius 2 is 2.33 bits per heavy atom. The highest BCUT2D eigenvalue weighted by molar-refractivity contribution is 6.18. The lowest BCUT2D eigenvalue weighted by Crippen LogP contribution is -2.00. The van der Waals surface area contributed by atoms with E-state index < -0.39 is 0 Å². The van der Waals surface area contributed by atoms with Crippen molar-refractivity contribution < 1.29 is 5.11 Å². The van der Waals surface area contributed by atoms with Gasteiger partial charge < -0.3 is 5.11 Å². The van der Waals surface area contributed by atoms with E-state index in [-0.39, 0.29) is 12.5 Å². The summed E-state index contributed by atoms with van der Waals surface area (Å²) in [6.07, 6.45) is 0. The summed E-state index contributed by atoms with van der Waals surface area (Å²) in [4.78, 5) is 0. The van der Waals surface area contributed by atoms with E-state index in [1.54, 1.807) is 0 Å². The van der Waals surface area contributed by atoms with Crippen LogP contribution in [-0.2, 0) is 0 Å². The fraction of sp³-hybridized carbons (Fsp3) is 1.00. The number of alkyl halides is 1. The van der Waals surface area contributed by atoms with E-state index in [2.05, 4.69) is 0 Å². The van der Waals surface area contributed by atoms with Gasteiger partial charge in [0.05, 0.1) is 0 Å². The molecule has 0 spiro atoms. The van der Waals surface area contributed by atoms with Gasteiger partial charge in [-0.3, -0.25) is 0 Å². The van der Waals surface area contributed by atoms with Gasteiger partial charge in [-0.05, 0) is 5.92 Å². The zero-order valence-electron chi connectivity index (χ0n) is 3.82. The van der Waals surface area contributed by atoms with Crippen molar-refractivity contribution in [2.24, 2.45) is 5.92 Å². The van der Waals surface area contributed by atoms with E-state index >= 15 is 0 Å². The first kappa shape index (κ1) is 6.25. The molecule has 0 aromatic rings. The fourth-order valence-corrected chi connectivity index (χ4v) is 0.146. The normalized spacial score (nSPS) is 14.5. The largest absolute Gasteiger partial charge is 0.396 e. The summed E-state index contributed by atoms with van der Waals surface area (Å²) >= 11 is 5.29. The standard InChI is InChI=1S/C4H9ClO/c1-4(2-5)3-6/h4,6H,2-3H2,1H3/t4-/m0/s1. The van der Waals surface area contributed by atoms with Gasteiger partial charge in [0.1, 0.15) is 0 Å². The van der Waals surface area contributed by atoms with Crippen LogP contribution in [0.4, 0.5) is 0 Å². The first-order valence-electron chi connectivity index (χ1n) is 1.98. The smallest absolute Gasteiger partial charge is 0.0468 e. The van der Waals surface area contributed by atoms with Crippen molar-refractivity contribution >= 4 is 11.6 Å². The zero-order chi connectivity index (χ0) is 4.99. The summed E-state index contributed by atoms with van der Waals surface area (Å²) in [5, 5.41) is 8.25. The molecular formula is C4H9ClO. The van der Waals surface area contributed by atoms with Crippen LogP contribution in [-0.4, -0.2) is 17.6 Å². The molecule has 0 aliphatic carbocycles. The Kier molecular flexibility index (Phi) is 3.58. The molecule has 0 radical (unpaired) electrons. The van der Waals surface area contributed by atoms with Crippen LogP contribution in [0, 0.1) is 5.92 Å². The van der Waals surface area contributed by atoms with Gasteiger partial charge in [0.25, 0.3) is 0 Å². The van der Waals surface area contributed by atoms with Crippen molar-refractivity contribution in [1.29, 1.82) is 0 Å². The molecule has 1 atom stereocenters. The average molecular weight is 109 g/mol. The molecule has 0 aliphatic heterocycles. The summed E-state index contributed by atoms with van der Waals surface area (Å²) in [7, 11) is 0. The lowest BCUT2D eigenvalue weighted by Gasteiger charge is -1.96. The van der Waals surface area contributed by atoms with Crippen LogP contribution in [0.1, 0.15) is 6.92 Å². The molecule has 0 unspecified atom stereocenters. The predicted octanol–water partition coefficient (Wildman–Crippen LogP) is 0.854. The maximum absolute atomic E-state index is 8.25. The molecular weight excluding hydrogens is 99.5 g/mol. The van der Waals surface area contributed by atoms with Crippen LogP contribution >= 0.6 is 11.6 Å². The van der Waals surface area contributed by atoms with Gasteiger partial charge in [0.15, 0.2) is 0 Å². The molecule has 0 bridgehead atoms. The molecule has 0 fully saturated rings. The summed E-state index contributed by atoms with van der Waals surface area (Å²) in [6.45, 7) is 2.09. The minimum atomic E-state index is 0.198. The summed E-state index contributed by atoms with van der Waals surface area (Å²) < 4.78 is 0. The quantitative estimate of drug-likeness (QED) is 0.520. The van der Waals surface area contributed by atoms with Crippen molar-refractivity contribution in [3.63, 3.8) is 0 Å². The Labute approximate surface area is 42.9 Å². The molecule has 0 aromatic carbocycles. The van der Waals surface area contributed by atoms with Gasteiger partial charge in [0, 0.05) is 12.5 Å². The fourth-order valence-electron chi connectivity index (χ4n) is 0.0488. The summed E-state index contributed by atoms with van der Waals surface area (Å²) in [5.41, 5.74) is 0. The molecule has 0 amide bonds. The Morgan fingerprint density at radius 1 is 1.83 bits per heavy atom. The summed E-state index contributed by atoms with van der Waals surface area (Å²) in [5.74, 6) is 0.808. The molecule has 0 saturated heterocycles. The number of halogens is 1. The van der Waals surface area contributed by atoms with Gasteiger partial charge in [-0.1, -0.05) is 6.92 Å². The second-order valence-electron chi connectivity index (χ2n) is 1.44. The Balaban J connectivity index is 2.75. The van der Waals surface area contributed by atoms with Crippen LogP contribution < -0.4 is 0 Å². The Morgan fingerprint density at radius 3 is 2.33 bits per heavy atom. The van der Waals surface area contributed by atoms with Crippen molar-refractivity contribution in [1.82, 2.24) is 0 Å². The molecule has 0 saturated carbocycles. The van der Waals surface area contributed by atoms with E-state index in [4.69, 9.17) is 16.7 Å². The highest BCUT2D eigenvalue weighted by Crippen LogP contribution is 1.92. The molecule has 6 heavy (non-hydrogen) atoms. The predicted molar refractivity (Wildman–Crippen MR) is 27.0 cm³/mol. The van der Waals surface area contributed by atoms with E-state index in [0.29, 0.717) is 5.88 Å². The van der Waals surface area contributed by atoms with Gasteiger partial charge in [-0.25, -0.2) is 0 Å². The Bertz CT molecular complexity index is 26.7. The third-order valence-corrected chi connectivity index (χ3v) is 1.10. The van der Waals surface area contributed by atoms with Crippen molar-refractivity contribution in [2.45, 2.75) is 6.92 Å². The van der Waals surface area contributed by atoms with Crippen LogP contribution in [0.15, 0.2) is 0 Å². The SMILES string of the molecule is C[C@H](CO)CCl. The van der Waals surface area contributed by atoms with Crippen molar-refractivity contribution in [2.75, 3.05) is 12.5 Å². The van der Waals surface area contributed by atoms with E-state index in [1.165, 1.54) is 0 Å². The minimum Gasteiger partial charge on any atom is -0.396 e. The number of hydrogen-bond acceptors (Lipinski definition) is 1. The zero-order valence-corrected chi connectivity index (χ0v) is 4.57. The third-order valence-electron chi connectivity index (χ3n) is 0.575.